The van der Waals surface area contributed by atoms with Crippen LogP contribution in [0.4, 0.5) is 0 Å². The molecule has 0 aliphatic carbocycles. The zero-order valence-corrected chi connectivity index (χ0v) is 13.2. The fourth-order valence-corrected chi connectivity index (χ4v) is 2.89. The Morgan fingerprint density at radius 2 is 2.21 bits per heavy atom. The quantitative estimate of drug-likeness (QED) is 0.907. The van der Waals surface area contributed by atoms with E-state index in [-0.39, 0.29) is 0 Å². The first-order valence-corrected chi connectivity index (χ1v) is 7.37. The van der Waals surface area contributed by atoms with Gasteiger partial charge in [0.25, 0.3) is 0 Å². The van der Waals surface area contributed by atoms with E-state index in [2.05, 4.69) is 28.0 Å². The van der Waals surface area contributed by atoms with Crippen LogP contribution in [-0.4, -0.2) is 14.9 Å². The van der Waals surface area contributed by atoms with Crippen molar-refractivity contribution in [2.75, 3.05) is 0 Å². The number of benzene rings is 1. The van der Waals surface area contributed by atoms with Gasteiger partial charge in [0, 0.05) is 17.1 Å². The molecule has 1 atom stereocenters. The van der Waals surface area contributed by atoms with Crippen molar-refractivity contribution >= 4 is 27.5 Å². The summed E-state index contributed by atoms with van der Waals surface area (Å²) >= 11 is 9.66. The second-order valence-corrected chi connectivity index (χ2v) is 5.79. The first-order valence-electron chi connectivity index (χ1n) is 6.20. The molecule has 19 heavy (non-hydrogen) atoms. The standard InChI is InChI=1S/C14H16BrClN2O/c1-3-6-18-13(11(15)8-17-18)14(19)10-5-4-9(2)7-12(10)16/h4-5,7-8,14,19H,3,6H2,1-2H3. The third-order valence-electron chi connectivity index (χ3n) is 2.98. The molecule has 0 spiro atoms. The van der Waals surface area contributed by atoms with E-state index >= 15 is 0 Å². The van der Waals surface area contributed by atoms with Crippen LogP contribution in [0, 0.1) is 6.92 Å². The van der Waals surface area contributed by atoms with Crippen molar-refractivity contribution in [3.05, 3.63) is 50.7 Å². The lowest BCUT2D eigenvalue weighted by atomic mass is 10.0. The van der Waals surface area contributed by atoms with Crippen molar-refractivity contribution in [3.8, 4) is 0 Å². The molecule has 0 fully saturated rings. The van der Waals surface area contributed by atoms with Gasteiger partial charge in [-0.3, -0.25) is 4.68 Å². The number of aromatic nitrogens is 2. The summed E-state index contributed by atoms with van der Waals surface area (Å²) in [7, 11) is 0. The van der Waals surface area contributed by atoms with Gasteiger partial charge in [-0.1, -0.05) is 30.7 Å². The Labute approximate surface area is 126 Å². The van der Waals surface area contributed by atoms with E-state index in [1.165, 1.54) is 0 Å². The summed E-state index contributed by atoms with van der Waals surface area (Å²) in [6, 6.07) is 5.66. The Hall–Kier alpha value is -0.840. The molecule has 0 aliphatic heterocycles. The molecule has 2 rings (SSSR count). The highest BCUT2D eigenvalue weighted by Crippen LogP contribution is 2.32. The fourth-order valence-electron chi connectivity index (χ4n) is 2.03. The normalized spacial score (nSPS) is 12.7. The summed E-state index contributed by atoms with van der Waals surface area (Å²) in [5.41, 5.74) is 2.51. The Balaban J connectivity index is 2.43. The van der Waals surface area contributed by atoms with E-state index in [1.54, 1.807) is 6.20 Å². The Bertz CT molecular complexity index is 583. The van der Waals surface area contributed by atoms with E-state index in [0.29, 0.717) is 10.6 Å². The van der Waals surface area contributed by atoms with Crippen LogP contribution in [0.5, 0.6) is 0 Å². The predicted octanol–water partition coefficient (Wildman–Crippen LogP) is 4.10. The number of hydrogen-bond acceptors (Lipinski definition) is 2. The first-order chi connectivity index (χ1) is 9.04. The van der Waals surface area contributed by atoms with Gasteiger partial charge in [-0.25, -0.2) is 0 Å². The average Bonchev–Trinajstić information content (AvgIpc) is 2.70. The molecule has 0 bridgehead atoms. The minimum absolute atomic E-state index is 0.573. The van der Waals surface area contributed by atoms with E-state index in [1.807, 2.05) is 29.8 Å². The third-order valence-corrected chi connectivity index (χ3v) is 3.92. The molecule has 0 aliphatic rings. The van der Waals surface area contributed by atoms with Crippen molar-refractivity contribution in [2.45, 2.75) is 32.9 Å². The van der Waals surface area contributed by atoms with Gasteiger partial charge in [-0.05, 0) is 40.9 Å². The smallest absolute Gasteiger partial charge is 0.123 e. The Morgan fingerprint density at radius 1 is 1.47 bits per heavy atom. The molecule has 2 aromatic rings. The lowest BCUT2D eigenvalue weighted by molar-refractivity contribution is 0.206. The largest absolute Gasteiger partial charge is 0.382 e. The average molecular weight is 344 g/mol. The Kier molecular flexibility index (Phi) is 4.66. The number of aryl methyl sites for hydroxylation is 2. The molecular weight excluding hydrogens is 328 g/mol. The van der Waals surface area contributed by atoms with Crippen LogP contribution >= 0.6 is 27.5 Å². The Morgan fingerprint density at radius 3 is 2.84 bits per heavy atom. The number of aliphatic hydroxyl groups excluding tert-OH is 1. The molecule has 0 saturated carbocycles. The number of hydrogen-bond donors (Lipinski definition) is 1. The monoisotopic (exact) mass is 342 g/mol. The highest BCUT2D eigenvalue weighted by atomic mass is 79.9. The van der Waals surface area contributed by atoms with Crippen molar-refractivity contribution in [1.29, 1.82) is 0 Å². The zero-order chi connectivity index (χ0) is 14.0. The van der Waals surface area contributed by atoms with Crippen molar-refractivity contribution < 1.29 is 5.11 Å². The summed E-state index contributed by atoms with van der Waals surface area (Å²) < 4.78 is 2.61. The van der Waals surface area contributed by atoms with Crippen LogP contribution in [0.1, 0.15) is 36.3 Å². The summed E-state index contributed by atoms with van der Waals surface area (Å²) in [6.45, 7) is 4.81. The maximum Gasteiger partial charge on any atom is 0.123 e. The van der Waals surface area contributed by atoms with Crippen molar-refractivity contribution in [2.24, 2.45) is 0 Å². The first kappa shape index (κ1) is 14.6. The predicted molar refractivity (Wildman–Crippen MR) is 80.5 cm³/mol. The molecule has 1 aromatic carbocycles. The molecule has 1 heterocycles. The van der Waals surface area contributed by atoms with Crippen LogP contribution in [0.2, 0.25) is 5.02 Å². The summed E-state index contributed by atoms with van der Waals surface area (Å²) in [5, 5.41) is 15.4. The van der Waals surface area contributed by atoms with Crippen molar-refractivity contribution in [3.63, 3.8) is 0 Å². The van der Waals surface area contributed by atoms with Gasteiger partial charge in [-0.2, -0.15) is 5.10 Å². The topological polar surface area (TPSA) is 38.0 Å². The van der Waals surface area contributed by atoms with Gasteiger partial charge in [0.2, 0.25) is 0 Å². The minimum atomic E-state index is -0.781. The summed E-state index contributed by atoms with van der Waals surface area (Å²) in [6.07, 6.45) is 1.88. The summed E-state index contributed by atoms with van der Waals surface area (Å²) in [4.78, 5) is 0. The molecular formula is C14H16BrClN2O. The molecule has 3 nitrogen and oxygen atoms in total. The molecule has 0 saturated heterocycles. The second kappa shape index (κ2) is 6.07. The van der Waals surface area contributed by atoms with E-state index in [0.717, 1.165) is 28.7 Å². The lowest BCUT2D eigenvalue weighted by Gasteiger charge is -2.16. The van der Waals surface area contributed by atoms with Crippen LogP contribution in [0.15, 0.2) is 28.9 Å². The molecule has 0 radical (unpaired) electrons. The molecule has 102 valence electrons. The van der Waals surface area contributed by atoms with Gasteiger partial charge >= 0.3 is 0 Å². The van der Waals surface area contributed by atoms with E-state index in [9.17, 15) is 5.11 Å². The van der Waals surface area contributed by atoms with Crippen LogP contribution < -0.4 is 0 Å². The number of aliphatic hydroxyl groups is 1. The van der Waals surface area contributed by atoms with Crippen LogP contribution in [0.3, 0.4) is 0 Å². The van der Waals surface area contributed by atoms with Gasteiger partial charge in [-0.15, -0.1) is 0 Å². The fraction of sp³-hybridized carbons (Fsp3) is 0.357. The molecule has 5 heteroatoms. The van der Waals surface area contributed by atoms with Gasteiger partial charge in [0.15, 0.2) is 0 Å². The number of halogens is 2. The maximum absolute atomic E-state index is 10.6. The van der Waals surface area contributed by atoms with E-state index < -0.39 is 6.10 Å². The zero-order valence-electron chi connectivity index (χ0n) is 10.9. The van der Waals surface area contributed by atoms with Crippen LogP contribution in [-0.2, 0) is 6.54 Å². The third kappa shape index (κ3) is 3.02. The molecule has 1 aromatic heterocycles. The second-order valence-electron chi connectivity index (χ2n) is 4.53. The van der Waals surface area contributed by atoms with Gasteiger partial charge in [0.1, 0.15) is 6.10 Å². The van der Waals surface area contributed by atoms with Gasteiger partial charge in [0.05, 0.1) is 16.4 Å². The molecule has 1 unspecified atom stereocenters. The summed E-state index contributed by atoms with van der Waals surface area (Å²) in [5.74, 6) is 0. The molecule has 0 amide bonds. The maximum atomic E-state index is 10.6. The number of nitrogens with zero attached hydrogens (tertiary/aromatic N) is 2. The highest BCUT2D eigenvalue weighted by Gasteiger charge is 2.21. The van der Waals surface area contributed by atoms with E-state index in [4.69, 9.17) is 11.6 Å². The van der Waals surface area contributed by atoms with Crippen LogP contribution in [0.25, 0.3) is 0 Å². The van der Waals surface area contributed by atoms with Gasteiger partial charge < -0.3 is 5.11 Å². The highest BCUT2D eigenvalue weighted by molar-refractivity contribution is 9.10. The lowest BCUT2D eigenvalue weighted by Crippen LogP contribution is -2.11. The molecule has 1 N–H and O–H groups in total. The minimum Gasteiger partial charge on any atom is -0.382 e. The SMILES string of the molecule is CCCn1ncc(Br)c1C(O)c1ccc(C)cc1Cl. The number of rotatable bonds is 4. The van der Waals surface area contributed by atoms with Crippen molar-refractivity contribution in [1.82, 2.24) is 9.78 Å².